The topological polar surface area (TPSA) is 50.3 Å². The maximum atomic E-state index is 6.00. The van der Waals surface area contributed by atoms with Gasteiger partial charge in [0.05, 0.1) is 7.11 Å². The third kappa shape index (κ3) is 2.56. The minimum Gasteiger partial charge on any atom is -0.491 e. The average Bonchev–Trinajstić information content (AvgIpc) is 2.29. The summed E-state index contributed by atoms with van der Waals surface area (Å²) in [5, 5.41) is 3.79. The molecule has 1 saturated heterocycles. The molecule has 0 amide bonds. The highest BCUT2D eigenvalue weighted by molar-refractivity contribution is 6.35. The molecule has 1 aromatic rings. The molecule has 5 nitrogen and oxygen atoms in total. The van der Waals surface area contributed by atoms with Gasteiger partial charge >= 0.3 is 0 Å². The molecule has 94 valence electrons. The standard InChI is InChI=1S/C10H14Cl2N4O/c1-6-5-13-3-4-16(6)10-14-8(11)7(17-2)9(12)15-10/h6,13H,3-5H2,1-2H3. The molecule has 0 aliphatic carbocycles. The van der Waals surface area contributed by atoms with Crippen molar-refractivity contribution in [3.05, 3.63) is 10.3 Å². The number of methoxy groups -OCH3 is 1. The Kier molecular flexibility index (Phi) is 3.91. The lowest BCUT2D eigenvalue weighted by molar-refractivity contribution is 0.410. The normalized spacial score (nSPS) is 20.5. The summed E-state index contributed by atoms with van der Waals surface area (Å²) in [7, 11) is 1.49. The molecule has 1 atom stereocenters. The van der Waals surface area contributed by atoms with E-state index in [9.17, 15) is 0 Å². The highest BCUT2D eigenvalue weighted by atomic mass is 35.5. The lowest BCUT2D eigenvalue weighted by atomic mass is 10.2. The maximum absolute atomic E-state index is 6.00. The molecule has 17 heavy (non-hydrogen) atoms. The van der Waals surface area contributed by atoms with Gasteiger partial charge in [0.15, 0.2) is 16.1 Å². The van der Waals surface area contributed by atoms with E-state index < -0.39 is 0 Å². The van der Waals surface area contributed by atoms with Gasteiger partial charge in [0, 0.05) is 25.7 Å². The van der Waals surface area contributed by atoms with E-state index in [0.29, 0.717) is 17.7 Å². The van der Waals surface area contributed by atoms with Gasteiger partial charge in [0.2, 0.25) is 5.95 Å². The Morgan fingerprint density at radius 2 is 2.00 bits per heavy atom. The maximum Gasteiger partial charge on any atom is 0.228 e. The van der Waals surface area contributed by atoms with Crippen LogP contribution in [0.3, 0.4) is 0 Å². The number of rotatable bonds is 2. The number of nitrogens with one attached hydrogen (secondary N) is 1. The van der Waals surface area contributed by atoms with Crippen LogP contribution in [0.4, 0.5) is 5.95 Å². The molecule has 2 heterocycles. The lowest BCUT2D eigenvalue weighted by Crippen LogP contribution is -2.50. The van der Waals surface area contributed by atoms with Crippen molar-refractivity contribution >= 4 is 29.2 Å². The zero-order chi connectivity index (χ0) is 12.4. The number of hydrogen-bond acceptors (Lipinski definition) is 5. The molecule has 2 rings (SSSR count). The first-order valence-corrected chi connectivity index (χ1v) is 6.13. The van der Waals surface area contributed by atoms with E-state index in [4.69, 9.17) is 27.9 Å². The first kappa shape index (κ1) is 12.7. The number of piperazine rings is 1. The van der Waals surface area contributed by atoms with E-state index in [1.807, 2.05) is 0 Å². The second kappa shape index (κ2) is 5.25. The average molecular weight is 277 g/mol. The fourth-order valence-corrected chi connectivity index (χ4v) is 2.36. The second-order valence-corrected chi connectivity index (χ2v) is 4.60. The summed E-state index contributed by atoms with van der Waals surface area (Å²) < 4.78 is 5.03. The van der Waals surface area contributed by atoms with Gasteiger partial charge in [-0.1, -0.05) is 23.2 Å². The molecule has 0 bridgehead atoms. The Balaban J connectivity index is 2.32. The van der Waals surface area contributed by atoms with E-state index in [2.05, 4.69) is 27.1 Å². The molecule has 0 aromatic carbocycles. The Bertz CT molecular complexity index is 392. The van der Waals surface area contributed by atoms with Crippen LogP contribution in [0, 0.1) is 0 Å². The van der Waals surface area contributed by atoms with E-state index in [-0.39, 0.29) is 10.3 Å². The van der Waals surface area contributed by atoms with Gasteiger partial charge < -0.3 is 15.0 Å². The van der Waals surface area contributed by atoms with Crippen molar-refractivity contribution in [2.75, 3.05) is 31.6 Å². The summed E-state index contributed by atoms with van der Waals surface area (Å²) in [5.74, 6) is 0.870. The van der Waals surface area contributed by atoms with Crippen molar-refractivity contribution in [2.24, 2.45) is 0 Å². The summed E-state index contributed by atoms with van der Waals surface area (Å²) in [4.78, 5) is 10.5. The highest BCUT2D eigenvalue weighted by Crippen LogP contribution is 2.31. The zero-order valence-corrected chi connectivity index (χ0v) is 11.2. The first-order chi connectivity index (χ1) is 8.13. The fourth-order valence-electron chi connectivity index (χ4n) is 1.82. The lowest BCUT2D eigenvalue weighted by Gasteiger charge is -2.34. The summed E-state index contributed by atoms with van der Waals surface area (Å²) >= 11 is 12.0. The fraction of sp³-hybridized carbons (Fsp3) is 0.600. The molecule has 0 radical (unpaired) electrons. The number of halogens is 2. The molecule has 1 aliphatic heterocycles. The summed E-state index contributed by atoms with van der Waals surface area (Å²) in [5.41, 5.74) is 0. The molecule has 1 aliphatic rings. The summed E-state index contributed by atoms with van der Waals surface area (Å²) in [6, 6.07) is 0.310. The van der Waals surface area contributed by atoms with E-state index in [0.717, 1.165) is 19.6 Å². The predicted molar refractivity (Wildman–Crippen MR) is 68.3 cm³/mol. The third-order valence-electron chi connectivity index (χ3n) is 2.73. The Morgan fingerprint density at radius 1 is 1.35 bits per heavy atom. The number of ether oxygens (including phenoxy) is 1. The molecule has 0 spiro atoms. The smallest absolute Gasteiger partial charge is 0.228 e. The van der Waals surface area contributed by atoms with Gasteiger partial charge in [-0.2, -0.15) is 9.97 Å². The molecule has 1 unspecified atom stereocenters. The van der Waals surface area contributed by atoms with Crippen LogP contribution in [0.5, 0.6) is 5.75 Å². The predicted octanol–water partition coefficient (Wildman–Crippen LogP) is 1.59. The van der Waals surface area contributed by atoms with Crippen LogP contribution in [0.25, 0.3) is 0 Å². The largest absolute Gasteiger partial charge is 0.491 e. The van der Waals surface area contributed by atoms with Crippen LogP contribution in [0.15, 0.2) is 0 Å². The van der Waals surface area contributed by atoms with Crippen LogP contribution in [0.2, 0.25) is 10.3 Å². The molecule has 7 heteroatoms. The summed E-state index contributed by atoms with van der Waals surface area (Å²) in [6.07, 6.45) is 0. The van der Waals surface area contributed by atoms with Gasteiger partial charge in [-0.25, -0.2) is 0 Å². The highest BCUT2D eigenvalue weighted by Gasteiger charge is 2.23. The minimum atomic E-state index is 0.244. The van der Waals surface area contributed by atoms with Crippen molar-refractivity contribution in [3.8, 4) is 5.75 Å². The molecular weight excluding hydrogens is 263 g/mol. The zero-order valence-electron chi connectivity index (χ0n) is 9.70. The molecule has 1 fully saturated rings. The second-order valence-electron chi connectivity index (χ2n) is 3.89. The molecule has 0 saturated carbocycles. The SMILES string of the molecule is COc1c(Cl)nc(N2CCNCC2C)nc1Cl. The van der Waals surface area contributed by atoms with Crippen LogP contribution in [0.1, 0.15) is 6.92 Å². The Hall–Kier alpha value is -0.780. The minimum absolute atomic E-state index is 0.244. The van der Waals surface area contributed by atoms with Gasteiger partial charge in [-0.15, -0.1) is 0 Å². The van der Waals surface area contributed by atoms with Crippen LogP contribution in [-0.4, -0.2) is 42.8 Å². The van der Waals surface area contributed by atoms with Crippen LogP contribution < -0.4 is 15.0 Å². The summed E-state index contributed by atoms with van der Waals surface area (Å²) in [6.45, 7) is 4.72. The van der Waals surface area contributed by atoms with Crippen LogP contribution >= 0.6 is 23.2 Å². The molecule has 1 aromatic heterocycles. The van der Waals surface area contributed by atoms with Crippen molar-refractivity contribution in [3.63, 3.8) is 0 Å². The van der Waals surface area contributed by atoms with Gasteiger partial charge in [-0.3, -0.25) is 0 Å². The monoisotopic (exact) mass is 276 g/mol. The first-order valence-electron chi connectivity index (χ1n) is 5.38. The van der Waals surface area contributed by atoms with Crippen molar-refractivity contribution in [2.45, 2.75) is 13.0 Å². The van der Waals surface area contributed by atoms with Crippen molar-refractivity contribution in [1.82, 2.24) is 15.3 Å². The van der Waals surface area contributed by atoms with E-state index in [1.165, 1.54) is 7.11 Å². The van der Waals surface area contributed by atoms with Crippen molar-refractivity contribution < 1.29 is 4.74 Å². The number of nitrogens with zero attached hydrogens (tertiary/aromatic N) is 3. The number of aromatic nitrogens is 2. The van der Waals surface area contributed by atoms with Gasteiger partial charge in [0.1, 0.15) is 0 Å². The van der Waals surface area contributed by atoms with E-state index in [1.54, 1.807) is 0 Å². The quantitative estimate of drug-likeness (QED) is 0.832. The van der Waals surface area contributed by atoms with Crippen LogP contribution in [-0.2, 0) is 0 Å². The van der Waals surface area contributed by atoms with Gasteiger partial charge in [0.25, 0.3) is 0 Å². The third-order valence-corrected chi connectivity index (χ3v) is 3.25. The number of anilines is 1. The Morgan fingerprint density at radius 3 is 2.53 bits per heavy atom. The van der Waals surface area contributed by atoms with Crippen molar-refractivity contribution in [1.29, 1.82) is 0 Å². The molecule has 1 N–H and O–H groups in total. The van der Waals surface area contributed by atoms with Gasteiger partial charge in [-0.05, 0) is 6.92 Å². The van der Waals surface area contributed by atoms with E-state index >= 15 is 0 Å². The number of hydrogen-bond donors (Lipinski definition) is 1. The molecular formula is C10H14Cl2N4O. The Labute approximate surface area is 110 Å².